The van der Waals surface area contributed by atoms with Crippen LogP contribution in [-0.2, 0) is 0 Å². The molecule has 0 saturated carbocycles. The van der Waals surface area contributed by atoms with Crippen molar-refractivity contribution < 1.29 is 9.85 Å². The van der Waals surface area contributed by atoms with Gasteiger partial charge in [-0.3, -0.25) is 25.7 Å². The molecule has 10 heteroatoms. The van der Waals surface area contributed by atoms with Gasteiger partial charge in [0.2, 0.25) is 0 Å². The summed E-state index contributed by atoms with van der Waals surface area (Å²) in [5.74, 6) is 0. The van der Waals surface area contributed by atoms with Gasteiger partial charge in [0.1, 0.15) is 5.69 Å². The second-order valence-electron chi connectivity index (χ2n) is 6.87. The second-order valence-corrected chi connectivity index (χ2v) is 6.87. The predicted molar refractivity (Wildman–Crippen MR) is 113 cm³/mol. The van der Waals surface area contributed by atoms with Gasteiger partial charge in [-0.05, 0) is 45.4 Å². The summed E-state index contributed by atoms with van der Waals surface area (Å²) in [6, 6.07) is 9.43. The van der Waals surface area contributed by atoms with E-state index in [1.54, 1.807) is 0 Å². The average molecular weight is 408 g/mol. The number of hydrazone groups is 1. The fourth-order valence-corrected chi connectivity index (χ4v) is 3.16. The Kier molecular flexibility index (Phi) is 5.58. The Balaban J connectivity index is 1.90. The van der Waals surface area contributed by atoms with Crippen molar-refractivity contribution in [1.29, 1.82) is 0 Å². The lowest BCUT2D eigenvalue weighted by atomic mass is 10.1. The summed E-state index contributed by atoms with van der Waals surface area (Å²) in [6.45, 7) is 7.80. The molecule has 2 aromatic carbocycles. The molecule has 0 unspecified atom stereocenters. The third-order valence-electron chi connectivity index (χ3n) is 4.70. The van der Waals surface area contributed by atoms with Crippen LogP contribution in [0.3, 0.4) is 0 Å². The number of non-ortho nitro benzene ring substituents is 1. The van der Waals surface area contributed by atoms with E-state index < -0.39 is 15.5 Å². The lowest BCUT2D eigenvalue weighted by Gasteiger charge is -2.09. The molecule has 3 rings (SSSR count). The van der Waals surface area contributed by atoms with E-state index >= 15 is 0 Å². The molecule has 0 aliphatic rings. The highest BCUT2D eigenvalue weighted by Gasteiger charge is 2.19. The fraction of sp³-hybridized carbons (Fsp3) is 0.200. The number of anilines is 1. The molecular weight excluding hydrogens is 388 g/mol. The molecule has 0 spiro atoms. The Morgan fingerprint density at radius 1 is 1.03 bits per heavy atom. The van der Waals surface area contributed by atoms with Crippen molar-refractivity contribution >= 4 is 23.3 Å². The number of nitro groups is 2. The summed E-state index contributed by atoms with van der Waals surface area (Å²) in [7, 11) is 0. The fourth-order valence-electron chi connectivity index (χ4n) is 3.16. The van der Waals surface area contributed by atoms with Gasteiger partial charge in [0.25, 0.3) is 5.69 Å². The first kappa shape index (κ1) is 20.6. The number of hydrogen-bond donors (Lipinski definition) is 1. The molecule has 0 aliphatic heterocycles. The quantitative estimate of drug-likeness (QED) is 0.366. The third kappa shape index (κ3) is 4.02. The minimum absolute atomic E-state index is 0.0546. The molecule has 0 saturated heterocycles. The van der Waals surface area contributed by atoms with Crippen LogP contribution in [0.1, 0.15) is 28.1 Å². The van der Waals surface area contributed by atoms with Crippen LogP contribution in [-0.4, -0.2) is 25.8 Å². The van der Waals surface area contributed by atoms with Crippen LogP contribution in [0.5, 0.6) is 0 Å². The highest BCUT2D eigenvalue weighted by Crippen LogP contribution is 2.29. The Morgan fingerprint density at radius 3 is 2.40 bits per heavy atom. The van der Waals surface area contributed by atoms with Crippen LogP contribution >= 0.6 is 0 Å². The highest BCUT2D eigenvalue weighted by atomic mass is 16.6. The molecule has 0 amide bonds. The smallest absolute Gasteiger partial charge is 0.272 e. The first-order valence-corrected chi connectivity index (χ1v) is 9.04. The third-order valence-corrected chi connectivity index (χ3v) is 4.70. The van der Waals surface area contributed by atoms with Crippen LogP contribution < -0.4 is 5.43 Å². The van der Waals surface area contributed by atoms with Crippen molar-refractivity contribution in [3.8, 4) is 5.69 Å². The Morgan fingerprint density at radius 2 is 1.77 bits per heavy atom. The van der Waals surface area contributed by atoms with Crippen molar-refractivity contribution in [3.63, 3.8) is 0 Å². The molecule has 30 heavy (non-hydrogen) atoms. The lowest BCUT2D eigenvalue weighted by molar-refractivity contribution is -0.393. The topological polar surface area (TPSA) is 128 Å². The molecule has 1 N–H and O–H groups in total. The average Bonchev–Trinajstić information content (AvgIpc) is 2.96. The normalized spacial score (nSPS) is 11.1. The zero-order chi connectivity index (χ0) is 22.0. The molecule has 0 aliphatic carbocycles. The van der Waals surface area contributed by atoms with Crippen molar-refractivity contribution in [1.82, 2.24) is 9.78 Å². The number of rotatable bonds is 6. The van der Waals surface area contributed by atoms with Gasteiger partial charge in [0.05, 0.1) is 39.2 Å². The maximum absolute atomic E-state index is 11.2. The first-order valence-electron chi connectivity index (χ1n) is 9.04. The van der Waals surface area contributed by atoms with Crippen molar-refractivity contribution in [2.24, 2.45) is 5.10 Å². The van der Waals surface area contributed by atoms with Gasteiger partial charge < -0.3 is 0 Å². The zero-order valence-electron chi connectivity index (χ0n) is 16.9. The number of nitrogens with one attached hydrogen (secondary N) is 1. The van der Waals surface area contributed by atoms with Crippen molar-refractivity contribution in [2.75, 3.05) is 5.43 Å². The summed E-state index contributed by atoms with van der Waals surface area (Å²) < 4.78 is 1.83. The number of aryl methyl sites for hydroxylation is 3. The molecule has 10 nitrogen and oxygen atoms in total. The lowest BCUT2D eigenvalue weighted by Crippen LogP contribution is -2.02. The summed E-state index contributed by atoms with van der Waals surface area (Å²) >= 11 is 0. The Labute approximate surface area is 172 Å². The van der Waals surface area contributed by atoms with E-state index in [4.69, 9.17) is 0 Å². The standard InChI is InChI=1S/C20H20N6O4/c1-12-5-8-19(13(2)9-12)24-15(4)17(14(3)23-24)11-21-22-18-7-6-16(25(27)28)10-20(18)26(29)30/h5-11,22H,1-4H3/b21-11+. The molecule has 0 radical (unpaired) electrons. The first-order chi connectivity index (χ1) is 14.2. The maximum atomic E-state index is 11.2. The minimum atomic E-state index is -0.695. The molecular formula is C20H20N6O4. The number of aromatic nitrogens is 2. The number of nitrogens with zero attached hydrogens (tertiary/aromatic N) is 5. The van der Waals surface area contributed by atoms with Crippen LogP contribution in [0.15, 0.2) is 41.5 Å². The Bertz CT molecular complexity index is 1180. The maximum Gasteiger partial charge on any atom is 0.301 e. The van der Waals surface area contributed by atoms with Crippen LogP contribution in [0.25, 0.3) is 5.69 Å². The van der Waals surface area contributed by atoms with E-state index in [0.29, 0.717) is 0 Å². The summed E-state index contributed by atoms with van der Waals surface area (Å²) in [5, 5.41) is 30.8. The molecule has 1 heterocycles. The van der Waals surface area contributed by atoms with Gasteiger partial charge in [0, 0.05) is 11.6 Å². The summed E-state index contributed by atoms with van der Waals surface area (Å²) in [4.78, 5) is 20.7. The SMILES string of the molecule is Cc1ccc(-n2nc(C)c(/C=N/Nc3ccc([N+](=O)[O-])cc3[N+](=O)[O-])c2C)c(C)c1. The van der Waals surface area contributed by atoms with Gasteiger partial charge in [-0.25, -0.2) is 4.68 Å². The van der Waals surface area contributed by atoms with Gasteiger partial charge in [-0.1, -0.05) is 17.7 Å². The van der Waals surface area contributed by atoms with E-state index in [0.717, 1.165) is 39.8 Å². The number of hydrogen-bond acceptors (Lipinski definition) is 7. The molecule has 3 aromatic rings. The molecule has 0 bridgehead atoms. The molecule has 1 aromatic heterocycles. The van der Waals surface area contributed by atoms with Gasteiger partial charge in [0.15, 0.2) is 0 Å². The van der Waals surface area contributed by atoms with Crippen LogP contribution in [0.4, 0.5) is 17.1 Å². The van der Waals surface area contributed by atoms with E-state index in [2.05, 4.69) is 21.7 Å². The van der Waals surface area contributed by atoms with Gasteiger partial charge in [-0.15, -0.1) is 0 Å². The predicted octanol–water partition coefficient (Wildman–Crippen LogP) is 4.37. The molecule has 154 valence electrons. The minimum Gasteiger partial charge on any atom is -0.272 e. The number of nitro benzene ring substituents is 2. The van der Waals surface area contributed by atoms with E-state index in [-0.39, 0.29) is 11.4 Å². The van der Waals surface area contributed by atoms with Gasteiger partial charge >= 0.3 is 5.69 Å². The zero-order valence-corrected chi connectivity index (χ0v) is 16.9. The number of benzene rings is 2. The van der Waals surface area contributed by atoms with E-state index in [9.17, 15) is 20.2 Å². The van der Waals surface area contributed by atoms with Crippen molar-refractivity contribution in [3.05, 3.63) is 84.7 Å². The van der Waals surface area contributed by atoms with Crippen LogP contribution in [0.2, 0.25) is 0 Å². The van der Waals surface area contributed by atoms with Crippen molar-refractivity contribution in [2.45, 2.75) is 27.7 Å². The largest absolute Gasteiger partial charge is 0.301 e. The van der Waals surface area contributed by atoms with E-state index in [1.807, 2.05) is 44.5 Å². The monoisotopic (exact) mass is 408 g/mol. The van der Waals surface area contributed by atoms with Crippen LogP contribution in [0, 0.1) is 47.9 Å². The Hall–Kier alpha value is -4.08. The summed E-state index contributed by atoms with van der Waals surface area (Å²) in [6.07, 6.45) is 1.53. The molecule has 0 fully saturated rings. The second kappa shape index (κ2) is 8.11. The summed E-state index contributed by atoms with van der Waals surface area (Å²) in [5.41, 5.74) is 7.45. The van der Waals surface area contributed by atoms with Gasteiger partial charge in [-0.2, -0.15) is 10.2 Å². The molecule has 0 atom stereocenters. The van der Waals surface area contributed by atoms with E-state index in [1.165, 1.54) is 18.3 Å². The highest BCUT2D eigenvalue weighted by molar-refractivity contribution is 5.84.